The van der Waals surface area contributed by atoms with Gasteiger partial charge in [-0.3, -0.25) is 0 Å². The van der Waals surface area contributed by atoms with Crippen LogP contribution in [0.2, 0.25) is 0 Å². The lowest BCUT2D eigenvalue weighted by atomic mass is 9.65. The predicted octanol–water partition coefficient (Wildman–Crippen LogP) is 20.3. The van der Waals surface area contributed by atoms with Gasteiger partial charge in [-0.2, -0.15) is 0 Å². The Hall–Kier alpha value is -9.54. The molecule has 1 atom stereocenters. The first kappa shape index (κ1) is 42.9. The smallest absolute Gasteiger partial charge is 0.0726 e. The average molecular weight is 983 g/mol. The fraction of sp³-hybridized carbons (Fsp3) is 0.0137. The Morgan fingerprint density at radius 3 is 1.57 bits per heavy atom. The maximum absolute atomic E-state index is 2.55. The Balaban J connectivity index is 0.997. The van der Waals surface area contributed by atoms with Crippen LogP contribution in [0.4, 0.5) is 34.1 Å². The summed E-state index contributed by atoms with van der Waals surface area (Å²) in [5, 5.41) is 2.66. The van der Waals surface area contributed by atoms with Crippen LogP contribution in [0.5, 0.6) is 0 Å². The van der Waals surface area contributed by atoms with Gasteiger partial charge in [-0.15, -0.1) is 11.3 Å². The zero-order valence-corrected chi connectivity index (χ0v) is 42.2. The van der Waals surface area contributed by atoms with E-state index in [2.05, 4.69) is 289 Å². The van der Waals surface area contributed by atoms with Gasteiger partial charge in [0.15, 0.2) is 0 Å². The minimum absolute atomic E-state index is 0.679. The van der Waals surface area contributed by atoms with E-state index in [0.29, 0.717) is 0 Å². The zero-order chi connectivity index (χ0) is 49.9. The van der Waals surface area contributed by atoms with Crippen molar-refractivity contribution in [1.82, 2.24) is 0 Å². The van der Waals surface area contributed by atoms with Crippen LogP contribution in [0.3, 0.4) is 0 Å². The Labute approximate surface area is 446 Å². The van der Waals surface area contributed by atoms with Crippen molar-refractivity contribution in [1.29, 1.82) is 0 Å². The van der Waals surface area contributed by atoms with E-state index < -0.39 is 5.41 Å². The molecular weight excluding hydrogens is 937 g/mol. The fourth-order valence-corrected chi connectivity index (χ4v) is 14.4. The van der Waals surface area contributed by atoms with E-state index in [0.717, 1.165) is 34.1 Å². The quantitative estimate of drug-likeness (QED) is 0.170. The third kappa shape index (κ3) is 6.15. The largest absolute Gasteiger partial charge is 0.310 e. The fourth-order valence-electron chi connectivity index (χ4n) is 13.3. The van der Waals surface area contributed by atoms with Crippen molar-refractivity contribution in [2.75, 3.05) is 9.80 Å². The third-order valence-corrected chi connectivity index (χ3v) is 17.6. The van der Waals surface area contributed by atoms with Crippen LogP contribution in [0.1, 0.15) is 22.3 Å². The highest BCUT2D eigenvalue weighted by Crippen LogP contribution is 2.64. The van der Waals surface area contributed by atoms with Crippen molar-refractivity contribution in [3.8, 4) is 66.8 Å². The summed E-state index contributed by atoms with van der Waals surface area (Å²) < 4.78 is 2.63. The summed E-state index contributed by atoms with van der Waals surface area (Å²) in [4.78, 5) is 4.94. The molecule has 0 saturated heterocycles. The van der Waals surface area contributed by atoms with Crippen molar-refractivity contribution in [2.24, 2.45) is 0 Å². The van der Waals surface area contributed by atoms with Gasteiger partial charge in [-0.25, -0.2) is 0 Å². The lowest BCUT2D eigenvalue weighted by Gasteiger charge is -2.36. The van der Waals surface area contributed by atoms with Gasteiger partial charge in [-0.1, -0.05) is 206 Å². The predicted molar refractivity (Wildman–Crippen MR) is 320 cm³/mol. The molecule has 1 aromatic heterocycles. The Bertz CT molecular complexity index is 4480. The highest BCUT2D eigenvalue weighted by atomic mass is 32.1. The number of rotatable bonds is 5. The maximum atomic E-state index is 2.55. The number of thiophene rings is 1. The topological polar surface area (TPSA) is 6.48 Å². The molecule has 0 amide bonds. The summed E-state index contributed by atoms with van der Waals surface area (Å²) >= 11 is 1.90. The van der Waals surface area contributed by atoms with Gasteiger partial charge in [0.25, 0.3) is 0 Å². The molecule has 0 N–H and O–H groups in total. The molecule has 16 rings (SSSR count). The first-order valence-corrected chi connectivity index (χ1v) is 27.1. The van der Waals surface area contributed by atoms with Gasteiger partial charge in [0, 0.05) is 54.0 Å². The van der Waals surface area contributed by atoms with Gasteiger partial charge in [-0.05, 0) is 151 Å². The van der Waals surface area contributed by atoms with Crippen LogP contribution in [-0.2, 0) is 5.41 Å². The molecule has 1 aliphatic heterocycles. The molecule has 2 heterocycles. The van der Waals surface area contributed by atoms with Crippen molar-refractivity contribution in [2.45, 2.75) is 5.41 Å². The van der Waals surface area contributed by atoms with Gasteiger partial charge in [0.2, 0.25) is 0 Å². The molecule has 3 heteroatoms. The number of anilines is 6. The highest BCUT2D eigenvalue weighted by Gasteiger charge is 2.50. The normalized spacial score (nSPS) is 14.3. The Morgan fingerprint density at radius 1 is 0.303 bits per heavy atom. The number of para-hydroxylation sites is 2. The van der Waals surface area contributed by atoms with E-state index in [-0.39, 0.29) is 0 Å². The molecule has 2 nitrogen and oxygen atoms in total. The molecule has 354 valence electrons. The van der Waals surface area contributed by atoms with E-state index in [1.54, 1.807) is 0 Å². The second-order valence-corrected chi connectivity index (χ2v) is 21.3. The minimum Gasteiger partial charge on any atom is -0.310 e. The molecule has 1 spiro atoms. The van der Waals surface area contributed by atoms with E-state index >= 15 is 0 Å². The SMILES string of the molecule is c1ccc(-c2ccc(N(c3ccc4c(c3)-c3ccccc3-c3ccccc3N4c3ccccc3)c3ccc4c(c3)C3(c5ccccc5-c5ccccc5-4)c4ccccc4-c4c3ccc3sc5ccccc5c43)cc2)cc1. The van der Waals surface area contributed by atoms with Crippen LogP contribution in [0, 0.1) is 0 Å². The molecule has 1 unspecified atom stereocenters. The van der Waals surface area contributed by atoms with E-state index in [1.807, 2.05) is 11.3 Å². The van der Waals surface area contributed by atoms with Gasteiger partial charge in [0.1, 0.15) is 0 Å². The molecule has 0 radical (unpaired) electrons. The van der Waals surface area contributed by atoms with Crippen LogP contribution in [0.25, 0.3) is 86.9 Å². The molecule has 3 aliphatic rings. The monoisotopic (exact) mass is 982 g/mol. The number of hydrogen-bond acceptors (Lipinski definition) is 3. The third-order valence-electron chi connectivity index (χ3n) is 16.4. The van der Waals surface area contributed by atoms with Crippen LogP contribution < -0.4 is 9.80 Å². The number of benzene rings is 12. The van der Waals surface area contributed by atoms with Crippen molar-refractivity contribution in [3.05, 3.63) is 301 Å². The van der Waals surface area contributed by atoms with Gasteiger partial charge in [0.05, 0.1) is 16.8 Å². The molecular formula is C73H46N2S. The highest BCUT2D eigenvalue weighted by molar-refractivity contribution is 7.26. The van der Waals surface area contributed by atoms with Crippen molar-refractivity contribution >= 4 is 65.6 Å². The lowest BCUT2D eigenvalue weighted by Crippen LogP contribution is -2.29. The second kappa shape index (κ2) is 16.7. The zero-order valence-electron chi connectivity index (χ0n) is 41.4. The Morgan fingerprint density at radius 2 is 0.816 bits per heavy atom. The minimum atomic E-state index is -0.679. The Kier molecular flexibility index (Phi) is 9.45. The molecule has 12 aromatic carbocycles. The molecule has 0 bridgehead atoms. The molecule has 2 aliphatic carbocycles. The summed E-state index contributed by atoms with van der Waals surface area (Å²) in [5.41, 5.74) is 25.9. The summed E-state index contributed by atoms with van der Waals surface area (Å²) in [6, 6.07) is 104. The summed E-state index contributed by atoms with van der Waals surface area (Å²) in [6.45, 7) is 0. The summed E-state index contributed by atoms with van der Waals surface area (Å²) in [6.07, 6.45) is 0. The average Bonchev–Trinajstić information content (AvgIpc) is 4.12. The lowest BCUT2D eigenvalue weighted by molar-refractivity contribution is 0.776. The van der Waals surface area contributed by atoms with Crippen LogP contribution in [0.15, 0.2) is 279 Å². The molecule has 76 heavy (non-hydrogen) atoms. The standard InChI is InChI=1S/C73H46N2S/c1-3-19-47(20-4-1)48-35-37-50(38-36-48)74(51-40-43-68-62(45-51)56-26-10-9-25-55(56)59-28-13-17-33-67(59)75(68)49-21-5-2-6-22-49)52-39-41-58-54-24-8-7-23-53(54)57-27-11-15-31-63(57)73(66(58)46-52)64-32-16-12-29-60(64)71-65(73)42-44-70-72(71)61-30-14-18-34-69(61)76-70/h1-46H. The molecule has 0 saturated carbocycles. The number of fused-ring (bicyclic) bond motifs is 21. The van der Waals surface area contributed by atoms with E-state index in [1.165, 1.54) is 109 Å². The number of hydrogen-bond donors (Lipinski definition) is 0. The van der Waals surface area contributed by atoms with Gasteiger partial charge >= 0.3 is 0 Å². The summed E-state index contributed by atoms with van der Waals surface area (Å²) in [5.74, 6) is 0. The second-order valence-electron chi connectivity index (χ2n) is 20.3. The molecule has 0 fully saturated rings. The van der Waals surface area contributed by atoms with E-state index in [4.69, 9.17) is 0 Å². The first-order chi connectivity index (χ1) is 37.7. The van der Waals surface area contributed by atoms with Crippen molar-refractivity contribution < 1.29 is 0 Å². The summed E-state index contributed by atoms with van der Waals surface area (Å²) in [7, 11) is 0. The van der Waals surface area contributed by atoms with E-state index in [9.17, 15) is 0 Å². The van der Waals surface area contributed by atoms with Crippen molar-refractivity contribution in [3.63, 3.8) is 0 Å². The van der Waals surface area contributed by atoms with Gasteiger partial charge < -0.3 is 9.80 Å². The molecule has 13 aromatic rings. The van der Waals surface area contributed by atoms with Crippen LogP contribution in [-0.4, -0.2) is 0 Å². The maximum Gasteiger partial charge on any atom is 0.0726 e. The van der Waals surface area contributed by atoms with Crippen LogP contribution >= 0.6 is 11.3 Å². The first-order valence-electron chi connectivity index (χ1n) is 26.2. The number of nitrogens with zero attached hydrogens (tertiary/aromatic N) is 2.